The first kappa shape index (κ1) is 29.6. The zero-order chi connectivity index (χ0) is 30.8. The quantitative estimate of drug-likeness (QED) is 0.199. The summed E-state index contributed by atoms with van der Waals surface area (Å²) in [7, 11) is 0. The minimum atomic E-state index is -0.639. The number of allylic oxidation sites excluding steroid dienone is 1. The fourth-order valence-electron chi connectivity index (χ4n) is 5.65. The van der Waals surface area contributed by atoms with Crippen LogP contribution in [0.15, 0.2) is 112 Å². The number of aromatic nitrogens is 1. The Kier molecular flexibility index (Phi) is 8.51. The molecule has 0 spiro atoms. The number of amides is 1. The monoisotopic (exact) mass is 621 g/mol. The van der Waals surface area contributed by atoms with Gasteiger partial charge in [0.2, 0.25) is 0 Å². The van der Waals surface area contributed by atoms with E-state index in [1.807, 2.05) is 106 Å². The highest BCUT2D eigenvalue weighted by atomic mass is 35.5. The van der Waals surface area contributed by atoms with Gasteiger partial charge in [0.25, 0.3) is 11.5 Å². The number of carbonyl (C=O) groups excluding carboxylic acids is 1. The average Bonchev–Trinajstić information content (AvgIpc) is 3.35. The summed E-state index contributed by atoms with van der Waals surface area (Å²) < 4.78 is 8.49. The Morgan fingerprint density at radius 3 is 2.41 bits per heavy atom. The molecular formula is C36H32ClN3O3S. The van der Waals surface area contributed by atoms with Gasteiger partial charge in [-0.05, 0) is 66.9 Å². The highest BCUT2D eigenvalue weighted by Gasteiger charge is 2.34. The molecule has 0 saturated carbocycles. The highest BCUT2D eigenvalue weighted by molar-refractivity contribution is 7.07. The second-order valence-electron chi connectivity index (χ2n) is 10.6. The van der Waals surface area contributed by atoms with Crippen molar-refractivity contribution >= 4 is 45.7 Å². The number of hydrogen-bond acceptors (Lipinski definition) is 5. The van der Waals surface area contributed by atoms with Gasteiger partial charge >= 0.3 is 0 Å². The third kappa shape index (κ3) is 5.61. The van der Waals surface area contributed by atoms with Gasteiger partial charge in [-0.15, -0.1) is 0 Å². The summed E-state index contributed by atoms with van der Waals surface area (Å²) in [6.45, 7) is 7.25. The molecule has 1 aliphatic heterocycles. The molecule has 1 aliphatic rings. The summed E-state index contributed by atoms with van der Waals surface area (Å²) in [5.74, 6) is 0.553. The molecule has 0 aliphatic carbocycles. The lowest BCUT2D eigenvalue weighted by molar-refractivity contribution is -0.127. The number of benzene rings is 4. The molecule has 2 heterocycles. The number of rotatable bonds is 8. The lowest BCUT2D eigenvalue weighted by Gasteiger charge is -2.29. The van der Waals surface area contributed by atoms with Crippen LogP contribution in [-0.2, 0) is 11.4 Å². The van der Waals surface area contributed by atoms with Crippen LogP contribution in [0.1, 0.15) is 43.5 Å². The largest absolute Gasteiger partial charge is 0.488 e. The van der Waals surface area contributed by atoms with Gasteiger partial charge in [-0.3, -0.25) is 14.2 Å². The summed E-state index contributed by atoms with van der Waals surface area (Å²) in [6, 6.07) is 28.7. The Labute approximate surface area is 264 Å². The minimum absolute atomic E-state index is 0.129. The van der Waals surface area contributed by atoms with Crippen LogP contribution in [-0.4, -0.2) is 28.5 Å². The predicted octanol–water partition coefficient (Wildman–Crippen LogP) is 6.49. The summed E-state index contributed by atoms with van der Waals surface area (Å²) in [4.78, 5) is 35.3. The third-order valence-electron chi connectivity index (χ3n) is 7.93. The van der Waals surface area contributed by atoms with E-state index in [2.05, 4.69) is 0 Å². The second-order valence-corrected chi connectivity index (χ2v) is 12.0. The molecule has 0 unspecified atom stereocenters. The molecule has 6 rings (SSSR count). The first-order valence-corrected chi connectivity index (χ1v) is 15.8. The number of nitrogens with zero attached hydrogens (tertiary/aromatic N) is 3. The highest BCUT2D eigenvalue weighted by Crippen LogP contribution is 2.33. The number of carbonyl (C=O) groups is 1. The van der Waals surface area contributed by atoms with Crippen LogP contribution in [0, 0.1) is 0 Å². The molecule has 6 nitrogen and oxygen atoms in total. The molecule has 1 atom stereocenters. The number of likely N-dealkylation sites (N-methyl/N-ethyl adjacent to an activating group) is 1. The average molecular weight is 622 g/mol. The number of ether oxygens (including phenoxy) is 1. The molecule has 0 bridgehead atoms. The summed E-state index contributed by atoms with van der Waals surface area (Å²) >= 11 is 7.55. The summed E-state index contributed by atoms with van der Waals surface area (Å²) in [6.07, 6.45) is 1.90. The lowest BCUT2D eigenvalue weighted by atomic mass is 9.94. The Morgan fingerprint density at radius 1 is 0.977 bits per heavy atom. The Hall–Kier alpha value is -4.46. The van der Waals surface area contributed by atoms with Crippen LogP contribution in [0.2, 0.25) is 5.02 Å². The SMILES string of the molecule is CCN(CC)C(=O)C1=C(C)N=c2s/c(=C/c3c(OCc4ccccc4)ccc4ccccc34)c(=O)n2[C@H]1c1ccc(Cl)cc1. The van der Waals surface area contributed by atoms with Crippen molar-refractivity contribution in [3.63, 3.8) is 0 Å². The van der Waals surface area contributed by atoms with Crippen LogP contribution in [0.25, 0.3) is 16.8 Å². The first-order chi connectivity index (χ1) is 21.4. The van der Waals surface area contributed by atoms with Gasteiger partial charge < -0.3 is 9.64 Å². The molecule has 0 saturated heterocycles. The molecule has 4 aromatic carbocycles. The van der Waals surface area contributed by atoms with Crippen molar-refractivity contribution in [2.45, 2.75) is 33.4 Å². The maximum atomic E-state index is 14.3. The van der Waals surface area contributed by atoms with E-state index < -0.39 is 6.04 Å². The molecule has 5 aromatic rings. The first-order valence-electron chi connectivity index (χ1n) is 14.6. The van der Waals surface area contributed by atoms with E-state index in [0.29, 0.717) is 51.1 Å². The number of thiazole rings is 1. The van der Waals surface area contributed by atoms with Crippen molar-refractivity contribution in [3.05, 3.63) is 144 Å². The molecule has 44 heavy (non-hydrogen) atoms. The van der Waals surface area contributed by atoms with Crippen molar-refractivity contribution in [3.8, 4) is 5.75 Å². The maximum Gasteiger partial charge on any atom is 0.271 e. The molecule has 8 heteroatoms. The van der Waals surface area contributed by atoms with Crippen molar-refractivity contribution < 1.29 is 9.53 Å². The topological polar surface area (TPSA) is 63.9 Å². The van der Waals surface area contributed by atoms with Crippen LogP contribution in [0.5, 0.6) is 5.75 Å². The Bertz CT molecular complexity index is 2060. The number of fused-ring (bicyclic) bond motifs is 2. The minimum Gasteiger partial charge on any atom is -0.488 e. The van der Waals surface area contributed by atoms with Gasteiger partial charge in [-0.2, -0.15) is 0 Å². The van der Waals surface area contributed by atoms with E-state index in [1.165, 1.54) is 11.3 Å². The summed E-state index contributed by atoms with van der Waals surface area (Å²) in [5.41, 5.74) is 3.55. The second kappa shape index (κ2) is 12.6. The zero-order valence-corrected chi connectivity index (χ0v) is 26.4. The normalized spacial score (nSPS) is 14.8. The predicted molar refractivity (Wildman–Crippen MR) is 178 cm³/mol. The molecule has 1 aromatic heterocycles. The van der Waals surface area contributed by atoms with Gasteiger partial charge in [0, 0.05) is 23.7 Å². The van der Waals surface area contributed by atoms with E-state index in [4.69, 9.17) is 21.3 Å². The van der Waals surface area contributed by atoms with Crippen LogP contribution in [0.4, 0.5) is 0 Å². The third-order valence-corrected chi connectivity index (χ3v) is 9.17. The van der Waals surface area contributed by atoms with E-state index in [0.717, 1.165) is 27.5 Å². The lowest BCUT2D eigenvalue weighted by Crippen LogP contribution is -2.43. The van der Waals surface area contributed by atoms with Crippen molar-refractivity contribution in [2.75, 3.05) is 13.1 Å². The van der Waals surface area contributed by atoms with Crippen molar-refractivity contribution in [1.29, 1.82) is 0 Å². The Balaban J connectivity index is 1.54. The fraction of sp³-hybridized carbons (Fsp3) is 0.194. The fourth-order valence-corrected chi connectivity index (χ4v) is 6.81. The van der Waals surface area contributed by atoms with Gasteiger partial charge in [0.15, 0.2) is 4.80 Å². The smallest absolute Gasteiger partial charge is 0.271 e. The van der Waals surface area contributed by atoms with Crippen molar-refractivity contribution in [1.82, 2.24) is 9.47 Å². The molecule has 0 radical (unpaired) electrons. The Morgan fingerprint density at radius 2 is 1.68 bits per heavy atom. The van der Waals surface area contributed by atoms with E-state index in [9.17, 15) is 9.59 Å². The van der Waals surface area contributed by atoms with Crippen LogP contribution < -0.4 is 19.6 Å². The molecule has 222 valence electrons. The van der Waals surface area contributed by atoms with Crippen LogP contribution in [0.3, 0.4) is 0 Å². The summed E-state index contributed by atoms with van der Waals surface area (Å²) in [5, 5.41) is 2.60. The van der Waals surface area contributed by atoms with Gasteiger partial charge in [0.1, 0.15) is 12.4 Å². The van der Waals surface area contributed by atoms with Gasteiger partial charge in [-0.1, -0.05) is 95.7 Å². The number of hydrogen-bond donors (Lipinski definition) is 0. The van der Waals surface area contributed by atoms with Crippen LogP contribution >= 0.6 is 22.9 Å². The van der Waals surface area contributed by atoms with Gasteiger partial charge in [0.05, 0.1) is 21.8 Å². The molecule has 1 amide bonds. The van der Waals surface area contributed by atoms with Crippen molar-refractivity contribution in [2.24, 2.45) is 4.99 Å². The zero-order valence-electron chi connectivity index (χ0n) is 24.8. The maximum absolute atomic E-state index is 14.3. The van der Waals surface area contributed by atoms with E-state index in [1.54, 1.807) is 21.6 Å². The molecule has 0 fully saturated rings. The van der Waals surface area contributed by atoms with E-state index >= 15 is 0 Å². The standard InChI is InChI=1S/C36H32ClN3O3S/c1-4-39(5-2)35(42)32-23(3)38-36-40(33(32)26-15-18-27(37)19-16-26)34(41)31(44-36)21-29-28-14-10-9-13-25(28)17-20-30(29)43-22-24-11-7-6-8-12-24/h6-21,33H,4-5,22H2,1-3H3/b31-21+/t33-/m0/s1. The molecule has 0 N–H and O–H groups in total. The number of halogens is 1. The van der Waals surface area contributed by atoms with Gasteiger partial charge in [-0.25, -0.2) is 4.99 Å². The molecular weight excluding hydrogens is 590 g/mol. The van der Waals surface area contributed by atoms with E-state index in [-0.39, 0.29) is 11.5 Å².